The average Bonchev–Trinajstić information content (AvgIpc) is 2.98. The van der Waals surface area contributed by atoms with Crippen molar-refractivity contribution in [3.8, 4) is 5.75 Å². The number of fused-ring (bicyclic) bond motifs is 1. The van der Waals surface area contributed by atoms with E-state index in [1.807, 2.05) is 20.8 Å². The van der Waals surface area contributed by atoms with E-state index in [0.29, 0.717) is 17.8 Å². The van der Waals surface area contributed by atoms with E-state index in [-0.39, 0.29) is 36.1 Å². The van der Waals surface area contributed by atoms with Gasteiger partial charge in [0.2, 0.25) is 0 Å². The minimum atomic E-state index is -3.09. The highest BCUT2D eigenvalue weighted by Crippen LogP contribution is 2.24. The van der Waals surface area contributed by atoms with Crippen LogP contribution in [0.2, 0.25) is 0 Å². The fourth-order valence-corrected chi connectivity index (χ4v) is 5.33. The third-order valence-corrected chi connectivity index (χ3v) is 6.99. The van der Waals surface area contributed by atoms with Gasteiger partial charge in [0.25, 0.3) is 5.91 Å². The SMILES string of the molecule is CC[C@@H](C)N(C(=O)COc1ccc2c(C)cc(=O)oc2c1)[C@H]1CCS(=O)(=O)C1. The van der Waals surface area contributed by atoms with Crippen molar-refractivity contribution in [3.63, 3.8) is 0 Å². The molecule has 0 saturated carbocycles. The largest absolute Gasteiger partial charge is 0.484 e. The Balaban J connectivity index is 1.75. The zero-order valence-corrected chi connectivity index (χ0v) is 17.1. The maximum Gasteiger partial charge on any atom is 0.336 e. The Kier molecular flexibility index (Phi) is 5.79. The molecule has 1 aliphatic rings. The molecule has 2 aromatic rings. The molecule has 0 unspecified atom stereocenters. The van der Waals surface area contributed by atoms with E-state index < -0.39 is 15.5 Å². The van der Waals surface area contributed by atoms with Crippen molar-refractivity contribution in [2.45, 2.75) is 45.7 Å². The van der Waals surface area contributed by atoms with Crippen LogP contribution < -0.4 is 10.4 Å². The lowest BCUT2D eigenvalue weighted by Crippen LogP contribution is -2.48. The maximum absolute atomic E-state index is 12.8. The minimum Gasteiger partial charge on any atom is -0.484 e. The summed E-state index contributed by atoms with van der Waals surface area (Å²) in [4.78, 5) is 26.0. The quantitative estimate of drug-likeness (QED) is 0.682. The van der Waals surface area contributed by atoms with Gasteiger partial charge in [0.15, 0.2) is 16.4 Å². The van der Waals surface area contributed by atoms with Crippen molar-refractivity contribution >= 4 is 26.7 Å². The van der Waals surface area contributed by atoms with Gasteiger partial charge >= 0.3 is 5.63 Å². The molecule has 1 saturated heterocycles. The molecule has 1 aromatic carbocycles. The summed E-state index contributed by atoms with van der Waals surface area (Å²) in [6, 6.07) is 6.12. The lowest BCUT2D eigenvalue weighted by molar-refractivity contribution is -0.137. The van der Waals surface area contributed by atoms with E-state index in [1.54, 1.807) is 23.1 Å². The summed E-state index contributed by atoms with van der Waals surface area (Å²) >= 11 is 0. The molecule has 1 aliphatic heterocycles. The highest BCUT2D eigenvalue weighted by atomic mass is 32.2. The molecule has 0 aliphatic carbocycles. The molecule has 8 heteroatoms. The van der Waals surface area contributed by atoms with Crippen molar-refractivity contribution in [2.24, 2.45) is 0 Å². The van der Waals surface area contributed by atoms with Crippen molar-refractivity contribution in [3.05, 3.63) is 40.2 Å². The number of amides is 1. The van der Waals surface area contributed by atoms with Crippen molar-refractivity contribution in [1.82, 2.24) is 4.90 Å². The smallest absolute Gasteiger partial charge is 0.336 e. The van der Waals surface area contributed by atoms with E-state index in [0.717, 1.165) is 17.4 Å². The van der Waals surface area contributed by atoms with Gasteiger partial charge in [-0.15, -0.1) is 0 Å². The van der Waals surface area contributed by atoms with Crippen LogP contribution in [-0.4, -0.2) is 49.4 Å². The number of aryl methyl sites for hydroxylation is 1. The van der Waals surface area contributed by atoms with Crippen LogP contribution in [0.3, 0.4) is 0 Å². The van der Waals surface area contributed by atoms with Crippen molar-refractivity contribution in [2.75, 3.05) is 18.1 Å². The summed E-state index contributed by atoms with van der Waals surface area (Å²) in [5.74, 6) is 0.283. The van der Waals surface area contributed by atoms with E-state index in [9.17, 15) is 18.0 Å². The van der Waals surface area contributed by atoms with Crippen molar-refractivity contribution < 1.29 is 22.4 Å². The molecule has 28 heavy (non-hydrogen) atoms. The Morgan fingerprint density at radius 1 is 1.36 bits per heavy atom. The number of sulfone groups is 1. The predicted octanol–water partition coefficient (Wildman–Crippen LogP) is 2.29. The average molecular weight is 407 g/mol. The number of hydrogen-bond acceptors (Lipinski definition) is 6. The third kappa shape index (κ3) is 4.38. The predicted molar refractivity (Wildman–Crippen MR) is 106 cm³/mol. The molecule has 1 aromatic heterocycles. The second kappa shape index (κ2) is 7.95. The summed E-state index contributed by atoms with van der Waals surface area (Å²) in [7, 11) is -3.09. The van der Waals surface area contributed by atoms with Crippen LogP contribution in [-0.2, 0) is 14.6 Å². The number of rotatable bonds is 6. The lowest BCUT2D eigenvalue weighted by Gasteiger charge is -2.33. The molecule has 0 bridgehead atoms. The molecule has 2 heterocycles. The van der Waals surface area contributed by atoms with Crippen LogP contribution in [0, 0.1) is 6.92 Å². The van der Waals surface area contributed by atoms with Gasteiger partial charge in [-0.1, -0.05) is 6.92 Å². The molecule has 7 nitrogen and oxygen atoms in total. The first-order chi connectivity index (χ1) is 13.2. The molecule has 2 atom stereocenters. The van der Waals surface area contributed by atoms with Gasteiger partial charge in [0.05, 0.1) is 11.5 Å². The first kappa shape index (κ1) is 20.4. The monoisotopic (exact) mass is 407 g/mol. The topological polar surface area (TPSA) is 93.9 Å². The number of hydrogen-bond donors (Lipinski definition) is 0. The first-order valence-electron chi connectivity index (χ1n) is 9.39. The molecule has 0 spiro atoms. The molecule has 0 N–H and O–H groups in total. The molecule has 0 radical (unpaired) electrons. The molecular weight excluding hydrogens is 382 g/mol. The fraction of sp³-hybridized carbons (Fsp3) is 0.500. The van der Waals surface area contributed by atoms with E-state index in [4.69, 9.17) is 9.15 Å². The number of carbonyl (C=O) groups excluding carboxylic acids is 1. The molecule has 152 valence electrons. The van der Waals surface area contributed by atoms with Gasteiger partial charge in [-0.3, -0.25) is 4.79 Å². The molecule has 3 rings (SSSR count). The Bertz CT molecular complexity index is 1040. The molecule has 1 fully saturated rings. The van der Waals surface area contributed by atoms with E-state index in [2.05, 4.69) is 0 Å². The fourth-order valence-electron chi connectivity index (χ4n) is 3.62. The van der Waals surface area contributed by atoms with Gasteiger partial charge in [-0.05, 0) is 44.4 Å². The van der Waals surface area contributed by atoms with Gasteiger partial charge in [0.1, 0.15) is 11.3 Å². The van der Waals surface area contributed by atoms with Gasteiger partial charge in [-0.2, -0.15) is 0 Å². The zero-order chi connectivity index (χ0) is 20.5. The van der Waals surface area contributed by atoms with Crippen LogP contribution in [0.15, 0.2) is 33.5 Å². The van der Waals surface area contributed by atoms with Gasteiger partial charge in [-0.25, -0.2) is 13.2 Å². The molecule has 1 amide bonds. The van der Waals surface area contributed by atoms with E-state index in [1.165, 1.54) is 6.07 Å². The van der Waals surface area contributed by atoms with Gasteiger partial charge < -0.3 is 14.1 Å². The molecular formula is C20H25NO6S. The summed E-state index contributed by atoms with van der Waals surface area (Å²) in [5.41, 5.74) is 0.762. The highest BCUT2D eigenvalue weighted by Gasteiger charge is 2.36. The second-order valence-electron chi connectivity index (χ2n) is 7.31. The lowest BCUT2D eigenvalue weighted by atomic mass is 10.1. The normalized spacial score (nSPS) is 19.5. The Hall–Kier alpha value is -2.35. The minimum absolute atomic E-state index is 0.00346. The summed E-state index contributed by atoms with van der Waals surface area (Å²) in [5, 5.41) is 0.802. The number of nitrogens with zero attached hydrogens (tertiary/aromatic N) is 1. The van der Waals surface area contributed by atoms with Gasteiger partial charge in [0, 0.05) is 29.6 Å². The summed E-state index contributed by atoms with van der Waals surface area (Å²) in [6.07, 6.45) is 1.18. The van der Waals surface area contributed by atoms with E-state index >= 15 is 0 Å². The Morgan fingerprint density at radius 3 is 2.75 bits per heavy atom. The Morgan fingerprint density at radius 2 is 2.11 bits per heavy atom. The van der Waals surface area contributed by atoms with Crippen LogP contribution in [0.4, 0.5) is 0 Å². The zero-order valence-electron chi connectivity index (χ0n) is 16.3. The van der Waals surface area contributed by atoms with Crippen molar-refractivity contribution in [1.29, 1.82) is 0 Å². The highest BCUT2D eigenvalue weighted by molar-refractivity contribution is 7.91. The van der Waals surface area contributed by atoms with Crippen LogP contribution in [0.5, 0.6) is 5.75 Å². The number of ether oxygens (including phenoxy) is 1. The third-order valence-electron chi connectivity index (χ3n) is 5.24. The summed E-state index contributed by atoms with van der Waals surface area (Å²) in [6.45, 7) is 5.49. The number of benzene rings is 1. The summed E-state index contributed by atoms with van der Waals surface area (Å²) < 4.78 is 34.5. The Labute approximate surface area is 164 Å². The second-order valence-corrected chi connectivity index (χ2v) is 9.54. The van der Waals surface area contributed by atoms with Crippen LogP contribution >= 0.6 is 0 Å². The van der Waals surface area contributed by atoms with Crippen LogP contribution in [0.1, 0.15) is 32.3 Å². The van der Waals surface area contributed by atoms with Crippen LogP contribution in [0.25, 0.3) is 11.0 Å². The first-order valence-corrected chi connectivity index (χ1v) is 11.2. The standard InChI is InChI=1S/C20H25NO6S/c1-4-14(3)21(15-7-8-28(24,25)12-15)19(22)11-26-16-5-6-17-13(2)9-20(23)27-18(17)10-16/h5-6,9-10,14-15H,4,7-8,11-12H2,1-3H3/t14-,15+/m1/s1. The number of carbonyl (C=O) groups is 1. The maximum atomic E-state index is 12.8.